The summed E-state index contributed by atoms with van der Waals surface area (Å²) in [6.07, 6.45) is -1.39. The predicted octanol–water partition coefficient (Wildman–Crippen LogP) is 4.53. The lowest BCUT2D eigenvalue weighted by Crippen LogP contribution is -2.78. The number of hydrazine groups is 1. The number of ether oxygens (including phenoxy) is 2. The second-order valence-corrected chi connectivity index (χ2v) is 8.97. The zero-order valence-electron chi connectivity index (χ0n) is 18.0. The van der Waals surface area contributed by atoms with Crippen molar-refractivity contribution in [1.82, 2.24) is 10.0 Å². The van der Waals surface area contributed by atoms with E-state index in [1.807, 2.05) is 25.1 Å². The molecule has 1 heterocycles. The van der Waals surface area contributed by atoms with Crippen LogP contribution in [0.25, 0.3) is 0 Å². The normalized spacial score (nSPS) is 19.9. The molecule has 0 spiro atoms. The van der Waals surface area contributed by atoms with Crippen molar-refractivity contribution in [2.45, 2.75) is 78.6 Å². The number of amides is 3. The average Bonchev–Trinajstić information content (AvgIpc) is 2.49. The topological polar surface area (TPSA) is 76.2 Å². The molecule has 2 rings (SSSR count). The van der Waals surface area contributed by atoms with Crippen LogP contribution in [-0.2, 0) is 19.8 Å². The van der Waals surface area contributed by atoms with Crippen molar-refractivity contribution in [1.29, 1.82) is 0 Å². The Bertz CT molecular complexity index is 791. The number of carbonyl (C=O) groups excluding carboxylic acids is 3. The molecule has 1 saturated heterocycles. The summed E-state index contributed by atoms with van der Waals surface area (Å²) in [5.41, 5.74) is -1.35. The lowest BCUT2D eigenvalue weighted by atomic mass is 9.81. The highest BCUT2D eigenvalue weighted by atomic mass is 16.6. The largest absolute Gasteiger partial charge is 0.442 e. The van der Waals surface area contributed by atoms with E-state index < -0.39 is 34.8 Å². The van der Waals surface area contributed by atoms with E-state index in [-0.39, 0.29) is 6.42 Å². The number of hydrogen-bond acceptors (Lipinski definition) is 5. The molecule has 0 radical (unpaired) electrons. The molecule has 28 heavy (non-hydrogen) atoms. The Morgan fingerprint density at radius 2 is 1.54 bits per heavy atom. The predicted molar refractivity (Wildman–Crippen MR) is 104 cm³/mol. The number of nitrogens with zero attached hydrogens (tertiary/aromatic N) is 2. The number of rotatable bonds is 2. The lowest BCUT2D eigenvalue weighted by molar-refractivity contribution is -0.208. The first-order valence-electron chi connectivity index (χ1n) is 9.41. The molecule has 7 nitrogen and oxygen atoms in total. The van der Waals surface area contributed by atoms with Gasteiger partial charge in [-0.3, -0.25) is 4.79 Å². The van der Waals surface area contributed by atoms with Gasteiger partial charge >= 0.3 is 12.2 Å². The fourth-order valence-electron chi connectivity index (χ4n) is 3.15. The van der Waals surface area contributed by atoms with Gasteiger partial charge in [0.25, 0.3) is 5.91 Å². The van der Waals surface area contributed by atoms with Gasteiger partial charge in [0, 0.05) is 0 Å². The van der Waals surface area contributed by atoms with Gasteiger partial charge in [-0.25, -0.2) is 9.59 Å². The van der Waals surface area contributed by atoms with E-state index in [1.165, 1.54) is 0 Å². The molecule has 7 heteroatoms. The van der Waals surface area contributed by atoms with E-state index >= 15 is 0 Å². The summed E-state index contributed by atoms with van der Waals surface area (Å²) in [6, 6.07) is 7.33. The van der Waals surface area contributed by atoms with Crippen LogP contribution in [0.5, 0.6) is 0 Å². The van der Waals surface area contributed by atoms with Crippen LogP contribution in [0.15, 0.2) is 24.3 Å². The minimum Gasteiger partial charge on any atom is -0.442 e. The second-order valence-electron chi connectivity index (χ2n) is 8.97. The van der Waals surface area contributed by atoms with E-state index in [1.54, 1.807) is 54.5 Å². The molecule has 1 atom stereocenters. The standard InChI is InChI=1S/C21H30N2O5/c1-9-21(15-12-10-11-14(2)13-15)16(24)22(17(25)27-19(3,4)5)23(21)18(26)28-20(6,7)8/h10-13H,9H2,1-8H3/t21-/m1/s1. The molecule has 0 aliphatic carbocycles. The zero-order valence-corrected chi connectivity index (χ0v) is 18.0. The van der Waals surface area contributed by atoms with E-state index in [4.69, 9.17) is 9.47 Å². The third-order valence-electron chi connectivity index (χ3n) is 4.25. The van der Waals surface area contributed by atoms with E-state index in [0.717, 1.165) is 15.6 Å². The molecule has 1 fully saturated rings. The van der Waals surface area contributed by atoms with Crippen molar-refractivity contribution in [2.24, 2.45) is 0 Å². The lowest BCUT2D eigenvalue weighted by Gasteiger charge is -2.55. The first-order chi connectivity index (χ1) is 12.7. The quantitative estimate of drug-likeness (QED) is 0.741. The highest BCUT2D eigenvalue weighted by molar-refractivity contribution is 6.06. The highest BCUT2D eigenvalue weighted by Crippen LogP contribution is 2.45. The number of imide groups is 1. The molecule has 0 N–H and O–H groups in total. The first kappa shape index (κ1) is 21.7. The van der Waals surface area contributed by atoms with Crippen LogP contribution in [0.3, 0.4) is 0 Å². The summed E-state index contributed by atoms with van der Waals surface area (Å²) in [5.74, 6) is -0.513. The molecule has 154 valence electrons. The van der Waals surface area contributed by atoms with Gasteiger partial charge in [0.1, 0.15) is 11.2 Å². The van der Waals surface area contributed by atoms with Gasteiger partial charge in [0.2, 0.25) is 0 Å². The summed E-state index contributed by atoms with van der Waals surface area (Å²) in [5, 5.41) is 1.83. The van der Waals surface area contributed by atoms with Crippen LogP contribution < -0.4 is 0 Å². The molecule has 3 amide bonds. The maximum Gasteiger partial charge on any atom is 0.437 e. The fraction of sp³-hybridized carbons (Fsp3) is 0.571. The summed E-state index contributed by atoms with van der Waals surface area (Å²) < 4.78 is 10.8. The second kappa shape index (κ2) is 7.11. The van der Waals surface area contributed by atoms with Crippen LogP contribution in [-0.4, -0.2) is 39.3 Å². The Kier molecular flexibility index (Phi) is 5.52. The van der Waals surface area contributed by atoms with Gasteiger partial charge in [-0.05, 0) is 60.5 Å². The van der Waals surface area contributed by atoms with Crippen LogP contribution in [0.4, 0.5) is 9.59 Å². The molecular formula is C21H30N2O5. The van der Waals surface area contributed by atoms with Crippen molar-refractivity contribution in [3.63, 3.8) is 0 Å². The minimum atomic E-state index is -1.31. The highest BCUT2D eigenvalue weighted by Gasteiger charge is 2.66. The van der Waals surface area contributed by atoms with Gasteiger partial charge in [-0.15, -0.1) is 5.01 Å². The molecule has 1 aliphatic heterocycles. The molecular weight excluding hydrogens is 360 g/mol. The Labute approximate surface area is 166 Å². The smallest absolute Gasteiger partial charge is 0.437 e. The van der Waals surface area contributed by atoms with Gasteiger partial charge in [-0.2, -0.15) is 5.01 Å². The molecule has 1 aromatic carbocycles. The third-order valence-corrected chi connectivity index (χ3v) is 4.25. The Morgan fingerprint density at radius 3 is 2.00 bits per heavy atom. The van der Waals surface area contributed by atoms with Crippen molar-refractivity contribution >= 4 is 18.1 Å². The monoisotopic (exact) mass is 390 g/mol. The van der Waals surface area contributed by atoms with Crippen LogP contribution >= 0.6 is 0 Å². The van der Waals surface area contributed by atoms with Gasteiger partial charge in [-0.1, -0.05) is 36.8 Å². The zero-order chi connectivity index (χ0) is 21.5. The summed E-state index contributed by atoms with van der Waals surface area (Å²) >= 11 is 0. The number of carbonyl (C=O) groups is 3. The molecule has 1 aliphatic rings. The maximum absolute atomic E-state index is 13.2. The minimum absolute atomic E-state index is 0.286. The Balaban J connectivity index is 2.53. The molecule has 0 aromatic heterocycles. The van der Waals surface area contributed by atoms with Crippen LogP contribution in [0.1, 0.15) is 66.0 Å². The maximum atomic E-state index is 13.2. The van der Waals surface area contributed by atoms with E-state index in [9.17, 15) is 14.4 Å². The van der Waals surface area contributed by atoms with Crippen LogP contribution in [0, 0.1) is 6.92 Å². The van der Waals surface area contributed by atoms with E-state index in [2.05, 4.69) is 0 Å². The Morgan fingerprint density at radius 1 is 1.00 bits per heavy atom. The number of aryl methyl sites for hydroxylation is 1. The summed E-state index contributed by atoms with van der Waals surface area (Å²) in [7, 11) is 0. The van der Waals surface area contributed by atoms with Gasteiger partial charge in [0.05, 0.1) is 0 Å². The van der Waals surface area contributed by atoms with Crippen molar-refractivity contribution in [2.75, 3.05) is 0 Å². The average molecular weight is 390 g/mol. The molecule has 1 aromatic rings. The summed E-state index contributed by atoms with van der Waals surface area (Å²) in [4.78, 5) is 38.9. The van der Waals surface area contributed by atoms with Crippen LogP contribution in [0.2, 0.25) is 0 Å². The molecule has 0 unspecified atom stereocenters. The van der Waals surface area contributed by atoms with Crippen molar-refractivity contribution in [3.8, 4) is 0 Å². The van der Waals surface area contributed by atoms with Crippen molar-refractivity contribution < 1.29 is 23.9 Å². The SMILES string of the molecule is CC[C@@]1(c2cccc(C)c2)C(=O)N(C(=O)OC(C)(C)C)N1C(=O)OC(C)(C)C. The summed E-state index contributed by atoms with van der Waals surface area (Å²) in [6.45, 7) is 14.0. The molecule has 0 saturated carbocycles. The number of hydrogen-bond donors (Lipinski definition) is 0. The van der Waals surface area contributed by atoms with Crippen molar-refractivity contribution in [3.05, 3.63) is 35.4 Å². The van der Waals surface area contributed by atoms with Gasteiger partial charge < -0.3 is 9.47 Å². The molecule has 0 bridgehead atoms. The van der Waals surface area contributed by atoms with E-state index in [0.29, 0.717) is 5.56 Å². The number of benzene rings is 1. The Hall–Kier alpha value is -2.57. The third kappa shape index (κ3) is 3.98. The van der Waals surface area contributed by atoms with Gasteiger partial charge in [0.15, 0.2) is 5.54 Å². The first-order valence-corrected chi connectivity index (χ1v) is 9.41. The fourth-order valence-corrected chi connectivity index (χ4v) is 3.15.